The molecule has 6 nitrogen and oxygen atoms in total. The summed E-state index contributed by atoms with van der Waals surface area (Å²) in [4.78, 5) is 12.2. The van der Waals surface area contributed by atoms with Gasteiger partial charge >= 0.3 is 0 Å². The number of nitrogens with one attached hydrogen (secondary N) is 1. The van der Waals surface area contributed by atoms with Crippen LogP contribution in [0, 0.1) is 0 Å². The monoisotopic (exact) mass is 288 g/mol. The number of ether oxygens (including phenoxy) is 1. The van der Waals surface area contributed by atoms with Gasteiger partial charge in [0, 0.05) is 18.0 Å². The molecule has 0 radical (unpaired) electrons. The fourth-order valence-corrected chi connectivity index (χ4v) is 1.93. The third-order valence-corrected chi connectivity index (χ3v) is 2.99. The van der Waals surface area contributed by atoms with Crippen LogP contribution in [0.2, 0.25) is 0 Å². The summed E-state index contributed by atoms with van der Waals surface area (Å²) in [5.74, 6) is 1.16. The second-order valence-electron chi connectivity index (χ2n) is 4.70. The molecule has 6 heteroatoms. The quantitative estimate of drug-likeness (QED) is 0.773. The Morgan fingerprint density at radius 3 is 2.95 bits per heavy atom. The largest absolute Gasteiger partial charge is 0.483 e. The fraction of sp³-hybridized carbons (Fsp3) is 0.400. The summed E-state index contributed by atoms with van der Waals surface area (Å²) in [7, 11) is 0. The number of hydrogen-bond acceptors (Lipinski definition) is 6. The number of aromatic nitrogens is 3. The van der Waals surface area contributed by atoms with E-state index in [1.807, 2.05) is 12.1 Å². The molecule has 0 fully saturated rings. The lowest BCUT2D eigenvalue weighted by Crippen LogP contribution is -2.24. The van der Waals surface area contributed by atoms with Gasteiger partial charge in [-0.15, -0.1) is 0 Å². The van der Waals surface area contributed by atoms with Gasteiger partial charge in [0.2, 0.25) is 0 Å². The highest BCUT2D eigenvalue weighted by molar-refractivity contribution is 5.48. The molecule has 0 aliphatic carbocycles. The highest BCUT2D eigenvalue weighted by Gasteiger charge is 2.11. The summed E-state index contributed by atoms with van der Waals surface area (Å²) in [6.07, 6.45) is 8.40. The lowest BCUT2D eigenvalue weighted by Gasteiger charge is -2.18. The summed E-state index contributed by atoms with van der Waals surface area (Å²) in [5, 5.41) is 12.6. The average molecular weight is 288 g/mol. The van der Waals surface area contributed by atoms with Crippen LogP contribution >= 0.6 is 0 Å². The van der Waals surface area contributed by atoms with Gasteiger partial charge in [-0.05, 0) is 12.5 Å². The summed E-state index contributed by atoms with van der Waals surface area (Å²) in [6.45, 7) is 2.53. The SMILES string of the molecule is CCC[C@@H](CO)Nc1ncncc1OCc1cccnc1. The van der Waals surface area contributed by atoms with Crippen molar-refractivity contribution in [2.24, 2.45) is 0 Å². The standard InChI is InChI=1S/C15H20N4O2/c1-2-4-13(9-20)19-15-14(8-17-11-18-15)21-10-12-5-3-6-16-7-12/h3,5-8,11,13,20H,2,4,9-10H2,1H3,(H,17,18,19)/t13-/m0/s1. The first kappa shape index (κ1) is 15.2. The molecule has 1 atom stereocenters. The number of nitrogens with zero attached hydrogens (tertiary/aromatic N) is 3. The molecule has 0 aromatic carbocycles. The third kappa shape index (κ3) is 4.68. The predicted molar refractivity (Wildman–Crippen MR) is 80.0 cm³/mol. The number of hydrogen-bond donors (Lipinski definition) is 2. The van der Waals surface area contributed by atoms with Crippen LogP contribution in [0.5, 0.6) is 5.75 Å². The van der Waals surface area contributed by atoms with E-state index in [9.17, 15) is 5.11 Å². The van der Waals surface area contributed by atoms with E-state index < -0.39 is 0 Å². The van der Waals surface area contributed by atoms with Crippen LogP contribution in [0.4, 0.5) is 5.82 Å². The molecule has 2 aromatic heterocycles. The molecule has 0 saturated carbocycles. The van der Waals surface area contributed by atoms with Gasteiger partial charge in [0.25, 0.3) is 0 Å². The van der Waals surface area contributed by atoms with Crippen molar-refractivity contribution in [1.82, 2.24) is 15.0 Å². The van der Waals surface area contributed by atoms with E-state index >= 15 is 0 Å². The number of anilines is 1. The van der Waals surface area contributed by atoms with Crippen molar-refractivity contribution in [1.29, 1.82) is 0 Å². The summed E-state index contributed by atoms with van der Waals surface area (Å²) < 4.78 is 5.74. The molecule has 21 heavy (non-hydrogen) atoms. The van der Waals surface area contributed by atoms with E-state index in [4.69, 9.17) is 4.74 Å². The van der Waals surface area contributed by atoms with Crippen LogP contribution in [0.15, 0.2) is 37.1 Å². The van der Waals surface area contributed by atoms with Crippen LogP contribution in [0.1, 0.15) is 25.3 Å². The van der Waals surface area contributed by atoms with Gasteiger partial charge < -0.3 is 15.2 Å². The zero-order valence-corrected chi connectivity index (χ0v) is 12.1. The highest BCUT2D eigenvalue weighted by atomic mass is 16.5. The van der Waals surface area contributed by atoms with Crippen molar-refractivity contribution >= 4 is 5.82 Å². The molecule has 112 valence electrons. The molecular weight excluding hydrogens is 268 g/mol. The van der Waals surface area contributed by atoms with Crippen molar-refractivity contribution in [3.05, 3.63) is 42.6 Å². The molecule has 0 amide bonds. The number of aliphatic hydroxyl groups is 1. The van der Waals surface area contributed by atoms with Crippen LogP contribution in [0.3, 0.4) is 0 Å². The van der Waals surface area contributed by atoms with Gasteiger partial charge in [-0.25, -0.2) is 9.97 Å². The first-order valence-electron chi connectivity index (χ1n) is 7.02. The summed E-state index contributed by atoms with van der Waals surface area (Å²) in [5.41, 5.74) is 0.972. The Morgan fingerprint density at radius 2 is 2.24 bits per heavy atom. The number of rotatable bonds is 8. The minimum absolute atomic E-state index is 0.0364. The maximum absolute atomic E-state index is 9.36. The Bertz CT molecular complexity index is 536. The Balaban J connectivity index is 2.02. The topological polar surface area (TPSA) is 80.2 Å². The van der Waals surface area contributed by atoms with Crippen molar-refractivity contribution in [2.75, 3.05) is 11.9 Å². The normalized spacial score (nSPS) is 11.9. The lowest BCUT2D eigenvalue weighted by molar-refractivity contribution is 0.266. The first-order chi connectivity index (χ1) is 10.3. The van der Waals surface area contributed by atoms with Crippen LogP contribution in [-0.4, -0.2) is 32.7 Å². The van der Waals surface area contributed by atoms with Gasteiger partial charge in [-0.1, -0.05) is 19.4 Å². The minimum Gasteiger partial charge on any atom is -0.483 e. The molecule has 0 aliphatic heterocycles. The van der Waals surface area contributed by atoms with Crippen LogP contribution in [0.25, 0.3) is 0 Å². The van der Waals surface area contributed by atoms with Gasteiger partial charge in [0.1, 0.15) is 12.9 Å². The Labute approximate surface area is 124 Å². The van der Waals surface area contributed by atoms with Gasteiger partial charge in [0.15, 0.2) is 11.6 Å². The molecule has 0 saturated heterocycles. The molecule has 2 heterocycles. The molecule has 2 rings (SSSR count). The van der Waals surface area contributed by atoms with Crippen molar-refractivity contribution < 1.29 is 9.84 Å². The summed E-state index contributed by atoms with van der Waals surface area (Å²) in [6, 6.07) is 3.77. The lowest BCUT2D eigenvalue weighted by atomic mass is 10.2. The van der Waals surface area contributed by atoms with Gasteiger partial charge in [-0.2, -0.15) is 0 Å². The van der Waals surface area contributed by atoms with Gasteiger partial charge in [0.05, 0.1) is 18.8 Å². The highest BCUT2D eigenvalue weighted by Crippen LogP contribution is 2.22. The van der Waals surface area contributed by atoms with E-state index in [2.05, 4.69) is 27.2 Å². The predicted octanol–water partition coefficient (Wildman–Crippen LogP) is 2.02. The second-order valence-corrected chi connectivity index (χ2v) is 4.70. The van der Waals surface area contributed by atoms with E-state index in [0.29, 0.717) is 18.2 Å². The van der Waals surface area contributed by atoms with Gasteiger partial charge in [-0.3, -0.25) is 4.98 Å². The molecule has 2 N–H and O–H groups in total. The smallest absolute Gasteiger partial charge is 0.180 e. The van der Waals surface area contributed by atoms with Crippen LogP contribution in [-0.2, 0) is 6.61 Å². The molecule has 0 aliphatic rings. The minimum atomic E-state index is -0.0364. The molecule has 0 bridgehead atoms. The Morgan fingerprint density at radius 1 is 1.33 bits per heavy atom. The summed E-state index contributed by atoms with van der Waals surface area (Å²) >= 11 is 0. The third-order valence-electron chi connectivity index (χ3n) is 2.99. The number of aliphatic hydroxyl groups excluding tert-OH is 1. The molecule has 0 unspecified atom stereocenters. The molecule has 0 spiro atoms. The molecule has 2 aromatic rings. The second kappa shape index (κ2) is 8.16. The molecular formula is C15H20N4O2. The zero-order chi connectivity index (χ0) is 14.9. The maximum atomic E-state index is 9.36. The van der Waals surface area contributed by atoms with E-state index in [-0.39, 0.29) is 12.6 Å². The van der Waals surface area contributed by atoms with E-state index in [1.54, 1.807) is 18.6 Å². The van der Waals surface area contributed by atoms with Crippen molar-refractivity contribution in [3.63, 3.8) is 0 Å². The first-order valence-corrected chi connectivity index (χ1v) is 7.02. The Hall–Kier alpha value is -2.21. The zero-order valence-electron chi connectivity index (χ0n) is 12.1. The van der Waals surface area contributed by atoms with Crippen LogP contribution < -0.4 is 10.1 Å². The van der Waals surface area contributed by atoms with E-state index in [1.165, 1.54) is 6.33 Å². The fourth-order valence-electron chi connectivity index (χ4n) is 1.93. The van der Waals surface area contributed by atoms with E-state index in [0.717, 1.165) is 18.4 Å². The average Bonchev–Trinajstić information content (AvgIpc) is 2.54. The van der Waals surface area contributed by atoms with Crippen molar-refractivity contribution in [2.45, 2.75) is 32.4 Å². The maximum Gasteiger partial charge on any atom is 0.180 e. The number of pyridine rings is 1. The Kier molecular flexibility index (Phi) is 5.90. The van der Waals surface area contributed by atoms with Crippen molar-refractivity contribution in [3.8, 4) is 5.75 Å².